The van der Waals surface area contributed by atoms with Gasteiger partial charge in [0.1, 0.15) is 0 Å². The molecule has 0 saturated carbocycles. The lowest BCUT2D eigenvalue weighted by molar-refractivity contribution is 0.168. The number of hydrogen-bond acceptors (Lipinski definition) is 1. The maximum atomic E-state index is 9.52. The van der Waals surface area contributed by atoms with Crippen LogP contribution in [0.25, 0.3) is 0 Å². The molecule has 1 nitrogen and oxygen atoms in total. The fourth-order valence-electron chi connectivity index (χ4n) is 1.22. The van der Waals surface area contributed by atoms with Gasteiger partial charge < -0.3 is 5.11 Å². The molecular formula is C9H14O. The summed E-state index contributed by atoms with van der Waals surface area (Å²) in [4.78, 5) is 0. The Labute approximate surface area is 62.1 Å². The molecule has 1 N–H and O–H groups in total. The first kappa shape index (κ1) is 7.55. The zero-order valence-corrected chi connectivity index (χ0v) is 6.54. The van der Waals surface area contributed by atoms with Gasteiger partial charge in [-0.1, -0.05) is 32.1 Å². The van der Waals surface area contributed by atoms with Gasteiger partial charge in [-0.2, -0.15) is 0 Å². The first-order valence-corrected chi connectivity index (χ1v) is 3.81. The molecule has 0 spiro atoms. The second-order valence-electron chi connectivity index (χ2n) is 2.78. The Hall–Kier alpha value is -0.560. The molecule has 1 aliphatic carbocycles. The SMILES string of the molecule is CCC1=CC=CC(C)C1O. The number of rotatable bonds is 1. The van der Waals surface area contributed by atoms with Gasteiger partial charge in [0, 0.05) is 5.92 Å². The van der Waals surface area contributed by atoms with E-state index in [-0.39, 0.29) is 6.10 Å². The molecule has 0 saturated heterocycles. The van der Waals surface area contributed by atoms with Crippen LogP contribution in [0, 0.1) is 5.92 Å². The minimum absolute atomic E-state index is 0.241. The van der Waals surface area contributed by atoms with Crippen LogP contribution in [0.5, 0.6) is 0 Å². The molecule has 0 aliphatic heterocycles. The molecule has 1 aliphatic rings. The highest BCUT2D eigenvalue weighted by Crippen LogP contribution is 2.20. The molecule has 56 valence electrons. The summed E-state index contributed by atoms with van der Waals surface area (Å²) >= 11 is 0. The van der Waals surface area contributed by atoms with E-state index in [0.717, 1.165) is 12.0 Å². The van der Waals surface area contributed by atoms with Crippen molar-refractivity contribution in [1.82, 2.24) is 0 Å². The highest BCUT2D eigenvalue weighted by atomic mass is 16.3. The first-order chi connectivity index (χ1) is 4.75. The summed E-state index contributed by atoms with van der Waals surface area (Å²) in [5.41, 5.74) is 1.15. The summed E-state index contributed by atoms with van der Waals surface area (Å²) in [5, 5.41) is 9.52. The summed E-state index contributed by atoms with van der Waals surface area (Å²) in [6.45, 7) is 4.10. The lowest BCUT2D eigenvalue weighted by Gasteiger charge is -2.20. The van der Waals surface area contributed by atoms with E-state index in [4.69, 9.17) is 0 Å². The van der Waals surface area contributed by atoms with Crippen LogP contribution in [0.1, 0.15) is 20.3 Å². The Morgan fingerprint density at radius 3 is 2.80 bits per heavy atom. The van der Waals surface area contributed by atoms with Gasteiger partial charge in [0.2, 0.25) is 0 Å². The fraction of sp³-hybridized carbons (Fsp3) is 0.556. The molecule has 1 rings (SSSR count). The molecular weight excluding hydrogens is 124 g/mol. The molecule has 10 heavy (non-hydrogen) atoms. The Kier molecular flexibility index (Phi) is 2.28. The molecule has 0 amide bonds. The van der Waals surface area contributed by atoms with E-state index in [2.05, 4.69) is 6.92 Å². The zero-order valence-electron chi connectivity index (χ0n) is 6.54. The monoisotopic (exact) mass is 138 g/mol. The number of aliphatic hydroxyl groups is 1. The summed E-state index contributed by atoms with van der Waals surface area (Å²) in [6, 6.07) is 0. The van der Waals surface area contributed by atoms with Gasteiger partial charge in [-0.15, -0.1) is 0 Å². The Balaban J connectivity index is 2.71. The van der Waals surface area contributed by atoms with Gasteiger partial charge in [0.05, 0.1) is 6.10 Å². The summed E-state index contributed by atoms with van der Waals surface area (Å²) in [5.74, 6) is 0.292. The molecule has 0 aromatic heterocycles. The predicted molar refractivity (Wildman–Crippen MR) is 42.7 cm³/mol. The van der Waals surface area contributed by atoms with E-state index in [0.29, 0.717) is 5.92 Å². The van der Waals surface area contributed by atoms with Crippen molar-refractivity contribution in [3.8, 4) is 0 Å². The van der Waals surface area contributed by atoms with Crippen molar-refractivity contribution < 1.29 is 5.11 Å². The molecule has 2 atom stereocenters. The van der Waals surface area contributed by atoms with Crippen LogP contribution < -0.4 is 0 Å². The van der Waals surface area contributed by atoms with Crippen LogP contribution in [0.15, 0.2) is 23.8 Å². The van der Waals surface area contributed by atoms with E-state index < -0.39 is 0 Å². The maximum Gasteiger partial charge on any atom is 0.0813 e. The van der Waals surface area contributed by atoms with E-state index in [1.54, 1.807) is 0 Å². The van der Waals surface area contributed by atoms with Gasteiger partial charge in [0.25, 0.3) is 0 Å². The van der Waals surface area contributed by atoms with Crippen molar-refractivity contribution in [3.63, 3.8) is 0 Å². The van der Waals surface area contributed by atoms with Crippen LogP contribution in [-0.4, -0.2) is 11.2 Å². The summed E-state index contributed by atoms with van der Waals surface area (Å²) < 4.78 is 0. The van der Waals surface area contributed by atoms with Crippen molar-refractivity contribution in [3.05, 3.63) is 23.8 Å². The minimum Gasteiger partial charge on any atom is -0.388 e. The van der Waals surface area contributed by atoms with Crippen LogP contribution >= 0.6 is 0 Å². The highest BCUT2D eigenvalue weighted by Gasteiger charge is 2.16. The lowest BCUT2D eigenvalue weighted by atomic mass is 9.91. The van der Waals surface area contributed by atoms with E-state index in [1.165, 1.54) is 0 Å². The fourth-order valence-corrected chi connectivity index (χ4v) is 1.22. The molecule has 0 radical (unpaired) electrons. The quantitative estimate of drug-likeness (QED) is 0.586. The largest absolute Gasteiger partial charge is 0.388 e. The van der Waals surface area contributed by atoms with Crippen molar-refractivity contribution >= 4 is 0 Å². The Morgan fingerprint density at radius 1 is 1.60 bits per heavy atom. The van der Waals surface area contributed by atoms with E-state index >= 15 is 0 Å². The summed E-state index contributed by atoms with van der Waals surface area (Å²) in [6.07, 6.45) is 6.77. The standard InChI is InChI=1S/C9H14O/c1-3-8-6-4-5-7(2)9(8)10/h4-7,9-10H,3H2,1-2H3. The average molecular weight is 138 g/mol. The summed E-state index contributed by atoms with van der Waals surface area (Å²) in [7, 11) is 0. The second-order valence-corrected chi connectivity index (χ2v) is 2.78. The normalized spacial score (nSPS) is 32.1. The predicted octanol–water partition coefficient (Wildman–Crippen LogP) is 1.89. The zero-order chi connectivity index (χ0) is 7.56. The average Bonchev–Trinajstić information content (AvgIpc) is 1.95. The smallest absolute Gasteiger partial charge is 0.0813 e. The molecule has 0 heterocycles. The van der Waals surface area contributed by atoms with E-state index in [9.17, 15) is 5.11 Å². The van der Waals surface area contributed by atoms with Gasteiger partial charge >= 0.3 is 0 Å². The Morgan fingerprint density at radius 2 is 2.30 bits per heavy atom. The van der Waals surface area contributed by atoms with E-state index in [1.807, 2.05) is 25.2 Å². The third-order valence-corrected chi connectivity index (χ3v) is 2.01. The third-order valence-electron chi connectivity index (χ3n) is 2.01. The van der Waals surface area contributed by atoms with Crippen LogP contribution in [-0.2, 0) is 0 Å². The maximum absolute atomic E-state index is 9.52. The van der Waals surface area contributed by atoms with Gasteiger partial charge in [-0.05, 0) is 12.0 Å². The van der Waals surface area contributed by atoms with Gasteiger partial charge in [0.15, 0.2) is 0 Å². The first-order valence-electron chi connectivity index (χ1n) is 3.81. The van der Waals surface area contributed by atoms with Crippen LogP contribution in [0.3, 0.4) is 0 Å². The van der Waals surface area contributed by atoms with Crippen LogP contribution in [0.2, 0.25) is 0 Å². The minimum atomic E-state index is -0.241. The molecule has 0 bridgehead atoms. The van der Waals surface area contributed by atoms with Crippen molar-refractivity contribution in [2.24, 2.45) is 5.92 Å². The second kappa shape index (κ2) is 3.02. The molecule has 0 fully saturated rings. The molecule has 2 unspecified atom stereocenters. The van der Waals surface area contributed by atoms with Crippen LogP contribution in [0.4, 0.5) is 0 Å². The number of allylic oxidation sites excluding steroid dienone is 2. The molecule has 0 aromatic rings. The topological polar surface area (TPSA) is 20.2 Å². The third kappa shape index (κ3) is 1.29. The van der Waals surface area contributed by atoms with Gasteiger partial charge in [-0.3, -0.25) is 0 Å². The van der Waals surface area contributed by atoms with Crippen molar-refractivity contribution in [2.75, 3.05) is 0 Å². The number of hydrogen-bond donors (Lipinski definition) is 1. The highest BCUT2D eigenvalue weighted by molar-refractivity contribution is 5.23. The van der Waals surface area contributed by atoms with Crippen molar-refractivity contribution in [2.45, 2.75) is 26.4 Å². The van der Waals surface area contributed by atoms with Crippen molar-refractivity contribution in [1.29, 1.82) is 0 Å². The number of aliphatic hydroxyl groups excluding tert-OH is 1. The lowest BCUT2D eigenvalue weighted by Crippen LogP contribution is -2.20. The molecule has 0 aromatic carbocycles. The molecule has 1 heteroatoms. The Bertz CT molecular complexity index is 168. The van der Waals surface area contributed by atoms with Gasteiger partial charge in [-0.25, -0.2) is 0 Å².